The zero-order chi connectivity index (χ0) is 22.4. The van der Waals surface area contributed by atoms with Gasteiger partial charge >= 0.3 is 5.97 Å². The topological polar surface area (TPSA) is 68.5 Å². The van der Waals surface area contributed by atoms with Gasteiger partial charge in [-0.2, -0.15) is 5.26 Å². The van der Waals surface area contributed by atoms with Crippen molar-refractivity contribution < 1.29 is 19.0 Å². The lowest BCUT2D eigenvalue weighted by Crippen LogP contribution is -2.08. The summed E-state index contributed by atoms with van der Waals surface area (Å²) in [6.45, 7) is 0. The van der Waals surface area contributed by atoms with Crippen LogP contribution >= 0.6 is 23.2 Å². The third kappa shape index (κ3) is 5.37. The molecular formula is C24H17Cl2NO4. The van der Waals surface area contributed by atoms with E-state index in [1.807, 2.05) is 0 Å². The van der Waals surface area contributed by atoms with Crippen molar-refractivity contribution in [2.75, 3.05) is 14.2 Å². The van der Waals surface area contributed by atoms with Crippen LogP contribution in [0.3, 0.4) is 0 Å². The monoisotopic (exact) mass is 453 g/mol. The Morgan fingerprint density at radius 1 is 0.903 bits per heavy atom. The number of hydrogen-bond acceptors (Lipinski definition) is 5. The Balaban J connectivity index is 1.86. The molecule has 0 aliphatic carbocycles. The Morgan fingerprint density at radius 2 is 1.65 bits per heavy atom. The van der Waals surface area contributed by atoms with E-state index >= 15 is 0 Å². The van der Waals surface area contributed by atoms with Crippen LogP contribution in [0, 0.1) is 11.3 Å². The average molecular weight is 454 g/mol. The van der Waals surface area contributed by atoms with Gasteiger partial charge in [0.05, 0.1) is 41.5 Å². The first kappa shape index (κ1) is 22.2. The number of nitrogens with zero attached hydrogens (tertiary/aromatic N) is 1. The highest BCUT2D eigenvalue weighted by molar-refractivity contribution is 6.42. The van der Waals surface area contributed by atoms with E-state index in [-0.39, 0.29) is 10.6 Å². The minimum absolute atomic E-state index is 0.265. The molecule has 0 bridgehead atoms. The van der Waals surface area contributed by atoms with Gasteiger partial charge in [0.25, 0.3) is 0 Å². The molecular weight excluding hydrogens is 437 g/mol. The van der Waals surface area contributed by atoms with Crippen molar-refractivity contribution in [2.45, 2.75) is 0 Å². The first-order valence-corrected chi connectivity index (χ1v) is 9.82. The standard InChI is InChI=1S/C24H17Cl2NO4/c1-29-22-9-7-16(13-23(22)30-2)18(14-27)10-15-4-3-5-19(11-15)31-24(28)17-6-8-20(25)21(26)12-17/h3-13H,1-2H3/b18-10-. The van der Waals surface area contributed by atoms with Crippen LogP contribution in [0.2, 0.25) is 10.0 Å². The molecule has 0 atom stereocenters. The Morgan fingerprint density at radius 3 is 2.32 bits per heavy atom. The van der Waals surface area contributed by atoms with Crippen molar-refractivity contribution >= 4 is 40.8 Å². The smallest absolute Gasteiger partial charge is 0.343 e. The zero-order valence-corrected chi connectivity index (χ0v) is 18.2. The molecule has 7 heteroatoms. The molecule has 0 aromatic heterocycles. The molecule has 0 heterocycles. The van der Waals surface area contributed by atoms with E-state index in [1.54, 1.807) is 55.7 Å². The van der Waals surface area contributed by atoms with Gasteiger partial charge in [-0.25, -0.2) is 4.79 Å². The van der Waals surface area contributed by atoms with E-state index in [0.29, 0.717) is 39.0 Å². The molecule has 3 aromatic rings. The van der Waals surface area contributed by atoms with Gasteiger partial charge in [-0.05, 0) is 65.7 Å². The molecule has 3 aromatic carbocycles. The number of halogens is 2. The largest absolute Gasteiger partial charge is 0.493 e. The highest BCUT2D eigenvalue weighted by atomic mass is 35.5. The lowest BCUT2D eigenvalue weighted by atomic mass is 10.0. The lowest BCUT2D eigenvalue weighted by Gasteiger charge is -2.09. The maximum atomic E-state index is 12.4. The van der Waals surface area contributed by atoms with E-state index in [4.69, 9.17) is 37.4 Å². The number of nitriles is 1. The molecule has 0 saturated heterocycles. The van der Waals surface area contributed by atoms with Crippen molar-refractivity contribution in [3.05, 3.63) is 87.4 Å². The second-order valence-electron chi connectivity index (χ2n) is 6.33. The molecule has 31 heavy (non-hydrogen) atoms. The summed E-state index contributed by atoms with van der Waals surface area (Å²) in [5, 5.41) is 10.3. The van der Waals surface area contributed by atoms with Gasteiger partial charge in [0.2, 0.25) is 0 Å². The van der Waals surface area contributed by atoms with Crippen LogP contribution in [0.25, 0.3) is 11.6 Å². The van der Waals surface area contributed by atoms with E-state index in [0.717, 1.165) is 0 Å². The number of hydrogen-bond donors (Lipinski definition) is 0. The van der Waals surface area contributed by atoms with Crippen LogP contribution in [-0.4, -0.2) is 20.2 Å². The minimum atomic E-state index is -0.569. The van der Waals surface area contributed by atoms with Crippen molar-refractivity contribution in [2.24, 2.45) is 0 Å². The fraction of sp³-hybridized carbons (Fsp3) is 0.0833. The van der Waals surface area contributed by atoms with Crippen molar-refractivity contribution in [1.82, 2.24) is 0 Å². The van der Waals surface area contributed by atoms with E-state index in [1.165, 1.54) is 25.3 Å². The second-order valence-corrected chi connectivity index (χ2v) is 7.14. The Bertz CT molecular complexity index is 1200. The summed E-state index contributed by atoms with van der Waals surface area (Å²) in [5.41, 5.74) is 2.04. The predicted molar refractivity (Wildman–Crippen MR) is 121 cm³/mol. The SMILES string of the molecule is COc1ccc(/C(C#N)=C\c2cccc(OC(=O)c3ccc(Cl)c(Cl)c3)c2)cc1OC. The van der Waals surface area contributed by atoms with Gasteiger partial charge in [0.15, 0.2) is 11.5 Å². The van der Waals surface area contributed by atoms with E-state index in [2.05, 4.69) is 6.07 Å². The predicted octanol–water partition coefficient (Wildman–Crippen LogP) is 6.29. The quantitative estimate of drug-likeness (QED) is 0.189. The third-order valence-corrected chi connectivity index (χ3v) is 5.09. The first-order valence-electron chi connectivity index (χ1n) is 9.06. The highest BCUT2D eigenvalue weighted by Crippen LogP contribution is 2.31. The van der Waals surface area contributed by atoms with Crippen molar-refractivity contribution in [1.29, 1.82) is 5.26 Å². The summed E-state index contributed by atoms with van der Waals surface area (Å²) in [6, 6.07) is 18.8. The summed E-state index contributed by atoms with van der Waals surface area (Å²) in [5.74, 6) is 0.847. The highest BCUT2D eigenvalue weighted by Gasteiger charge is 2.12. The van der Waals surface area contributed by atoms with Gasteiger partial charge in [-0.3, -0.25) is 0 Å². The van der Waals surface area contributed by atoms with Gasteiger partial charge < -0.3 is 14.2 Å². The third-order valence-electron chi connectivity index (χ3n) is 4.35. The molecule has 0 amide bonds. The van der Waals surface area contributed by atoms with Gasteiger partial charge in [-0.15, -0.1) is 0 Å². The maximum Gasteiger partial charge on any atom is 0.343 e. The van der Waals surface area contributed by atoms with E-state index < -0.39 is 5.97 Å². The molecule has 0 aliphatic rings. The zero-order valence-electron chi connectivity index (χ0n) is 16.7. The Kier molecular flexibility index (Phi) is 7.19. The Hall–Kier alpha value is -3.46. The molecule has 5 nitrogen and oxygen atoms in total. The molecule has 0 unspecified atom stereocenters. The summed E-state index contributed by atoms with van der Waals surface area (Å²) < 4.78 is 16.0. The van der Waals surface area contributed by atoms with Crippen LogP contribution < -0.4 is 14.2 Å². The molecule has 3 rings (SSSR count). The van der Waals surface area contributed by atoms with Crippen LogP contribution in [0.4, 0.5) is 0 Å². The summed E-state index contributed by atoms with van der Waals surface area (Å²) in [7, 11) is 3.08. The molecule has 0 aliphatic heterocycles. The number of carbonyl (C=O) groups is 1. The van der Waals surface area contributed by atoms with Crippen LogP contribution in [0.5, 0.6) is 17.2 Å². The van der Waals surface area contributed by atoms with Crippen LogP contribution in [-0.2, 0) is 0 Å². The number of carbonyl (C=O) groups excluding carboxylic acids is 1. The number of allylic oxidation sites excluding steroid dienone is 1. The fourth-order valence-corrected chi connectivity index (χ4v) is 3.11. The molecule has 0 spiro atoms. The molecule has 0 saturated carbocycles. The molecule has 0 radical (unpaired) electrons. The summed E-state index contributed by atoms with van der Waals surface area (Å²) in [6.07, 6.45) is 1.69. The van der Waals surface area contributed by atoms with E-state index in [9.17, 15) is 10.1 Å². The lowest BCUT2D eigenvalue weighted by molar-refractivity contribution is 0.0735. The minimum Gasteiger partial charge on any atom is -0.493 e. The number of benzene rings is 3. The van der Waals surface area contributed by atoms with Crippen LogP contribution in [0.1, 0.15) is 21.5 Å². The first-order chi connectivity index (χ1) is 14.9. The molecule has 0 N–H and O–H groups in total. The average Bonchev–Trinajstić information content (AvgIpc) is 2.79. The normalized spacial score (nSPS) is 10.9. The van der Waals surface area contributed by atoms with Crippen LogP contribution in [0.15, 0.2) is 60.7 Å². The summed E-state index contributed by atoms with van der Waals surface area (Å²) in [4.78, 5) is 12.4. The number of ether oxygens (including phenoxy) is 3. The van der Waals surface area contributed by atoms with Crippen molar-refractivity contribution in [3.8, 4) is 23.3 Å². The van der Waals surface area contributed by atoms with Gasteiger partial charge in [-0.1, -0.05) is 35.3 Å². The van der Waals surface area contributed by atoms with Gasteiger partial charge in [0.1, 0.15) is 5.75 Å². The Labute approximate surface area is 190 Å². The number of rotatable bonds is 6. The number of methoxy groups -OCH3 is 2. The van der Waals surface area contributed by atoms with Crippen molar-refractivity contribution in [3.63, 3.8) is 0 Å². The molecule has 156 valence electrons. The summed E-state index contributed by atoms with van der Waals surface area (Å²) >= 11 is 11.8. The maximum absolute atomic E-state index is 12.4. The fourth-order valence-electron chi connectivity index (χ4n) is 2.81. The number of esters is 1. The van der Waals surface area contributed by atoms with Gasteiger partial charge in [0, 0.05) is 0 Å². The second kappa shape index (κ2) is 10.0. The molecule has 0 fully saturated rings.